The minimum atomic E-state index is -0.515. The number of benzene rings is 5. The van der Waals surface area contributed by atoms with Gasteiger partial charge in [-0.1, -0.05) is 147 Å². The third kappa shape index (κ3) is 4.74. The zero-order valence-electron chi connectivity index (χ0n) is 30.8. The summed E-state index contributed by atoms with van der Waals surface area (Å²) in [4.78, 5) is 10.5. The lowest BCUT2D eigenvalue weighted by molar-refractivity contribution is 0.310. The lowest BCUT2D eigenvalue weighted by Gasteiger charge is -2.41. The van der Waals surface area contributed by atoms with E-state index in [0.29, 0.717) is 12.4 Å². The third-order valence-electron chi connectivity index (χ3n) is 11.8. The molecule has 1 aliphatic heterocycles. The number of fused-ring (bicyclic) bond motifs is 9. The first kappa shape index (κ1) is 32.3. The van der Waals surface area contributed by atoms with E-state index in [2.05, 4.69) is 179 Å². The van der Waals surface area contributed by atoms with E-state index in [9.17, 15) is 0 Å². The summed E-state index contributed by atoms with van der Waals surface area (Å²) in [6.45, 7) is 7.23. The molecule has 0 amide bonds. The second-order valence-corrected chi connectivity index (χ2v) is 15.1. The Hall–Kier alpha value is -6.32. The average molecular weight is 697 g/mol. The molecule has 1 spiro atoms. The molecule has 0 N–H and O–H groups in total. The summed E-state index contributed by atoms with van der Waals surface area (Å²) in [5.41, 5.74) is 17.0. The lowest BCUT2D eigenvalue weighted by atomic mass is 9.64. The highest BCUT2D eigenvalue weighted by Crippen LogP contribution is 2.60. The fourth-order valence-electron chi connectivity index (χ4n) is 9.27. The van der Waals surface area contributed by atoms with E-state index in [1.165, 1.54) is 50.1 Å². The van der Waals surface area contributed by atoms with Crippen molar-refractivity contribution in [1.29, 1.82) is 0 Å². The summed E-state index contributed by atoms with van der Waals surface area (Å²) in [5, 5.41) is 0. The Kier molecular flexibility index (Phi) is 7.42. The molecule has 5 aromatic carbocycles. The molecule has 1 aromatic heterocycles. The van der Waals surface area contributed by atoms with Crippen LogP contribution < -0.4 is 4.74 Å². The Morgan fingerprint density at radius 1 is 0.611 bits per heavy atom. The topological polar surface area (TPSA) is 35.0 Å². The van der Waals surface area contributed by atoms with Crippen LogP contribution in [0.5, 0.6) is 5.75 Å². The Morgan fingerprint density at radius 2 is 1.28 bits per heavy atom. The maximum absolute atomic E-state index is 6.61. The van der Waals surface area contributed by atoms with Gasteiger partial charge in [0.1, 0.15) is 12.4 Å². The van der Waals surface area contributed by atoms with Crippen molar-refractivity contribution < 1.29 is 4.74 Å². The summed E-state index contributed by atoms with van der Waals surface area (Å²) in [6, 6.07) is 43.7. The van der Waals surface area contributed by atoms with Crippen LogP contribution in [0.15, 0.2) is 175 Å². The lowest BCUT2D eigenvalue weighted by Crippen LogP contribution is -2.37. The van der Waals surface area contributed by atoms with Gasteiger partial charge >= 0.3 is 0 Å². The fraction of sp³-hybridized carbons (Fsp3) is 0.137. The first-order valence-electron chi connectivity index (χ1n) is 19.0. The molecule has 10 rings (SSSR count). The molecule has 3 aliphatic carbocycles. The highest BCUT2D eigenvalue weighted by molar-refractivity contribution is 5.93. The van der Waals surface area contributed by atoms with Gasteiger partial charge in [-0.25, -0.2) is 9.97 Å². The molecule has 54 heavy (non-hydrogen) atoms. The number of aromatic nitrogens is 2. The van der Waals surface area contributed by atoms with E-state index in [1.807, 2.05) is 6.07 Å². The van der Waals surface area contributed by atoms with Crippen LogP contribution >= 0.6 is 0 Å². The van der Waals surface area contributed by atoms with Crippen LogP contribution in [-0.2, 0) is 10.8 Å². The zero-order chi connectivity index (χ0) is 36.4. The smallest absolute Gasteiger partial charge is 0.160 e. The summed E-state index contributed by atoms with van der Waals surface area (Å²) >= 11 is 0. The minimum absolute atomic E-state index is 0.113. The molecule has 6 aromatic rings. The molecule has 0 radical (unpaired) electrons. The van der Waals surface area contributed by atoms with Crippen LogP contribution in [-0.4, -0.2) is 16.6 Å². The van der Waals surface area contributed by atoms with Gasteiger partial charge in [-0.05, 0) is 93.8 Å². The Bertz CT molecular complexity index is 2670. The second kappa shape index (κ2) is 12.4. The molecule has 4 aliphatic rings. The van der Waals surface area contributed by atoms with Crippen LogP contribution in [0.2, 0.25) is 0 Å². The largest absolute Gasteiger partial charge is 0.489 e. The molecule has 1 atom stereocenters. The zero-order valence-corrected chi connectivity index (χ0v) is 30.8. The highest BCUT2D eigenvalue weighted by Gasteiger charge is 2.51. The quantitative estimate of drug-likeness (QED) is 0.184. The SMILES string of the molecule is C/C=C\C=C1/COc2ccc(-c3cc(-c4ccc5c(c4)C(C)(C)c4ccccc4-5)nc(-c4ccccc4)n3)cc2C12C1=C(C=CCC=C1)c1ccccc12. The van der Waals surface area contributed by atoms with E-state index in [0.717, 1.165) is 45.8 Å². The van der Waals surface area contributed by atoms with Crippen LogP contribution in [0.25, 0.3) is 50.6 Å². The summed E-state index contributed by atoms with van der Waals surface area (Å²) < 4.78 is 6.61. The first-order chi connectivity index (χ1) is 26.5. The van der Waals surface area contributed by atoms with Gasteiger partial charge < -0.3 is 4.74 Å². The fourth-order valence-corrected chi connectivity index (χ4v) is 9.27. The van der Waals surface area contributed by atoms with Gasteiger partial charge in [-0.2, -0.15) is 0 Å². The van der Waals surface area contributed by atoms with Gasteiger partial charge in [-0.3, -0.25) is 0 Å². The van der Waals surface area contributed by atoms with Gasteiger partial charge in [0.2, 0.25) is 0 Å². The number of nitrogens with zero attached hydrogens (tertiary/aromatic N) is 2. The van der Waals surface area contributed by atoms with Crippen molar-refractivity contribution in [1.82, 2.24) is 9.97 Å². The Morgan fingerprint density at radius 3 is 2.07 bits per heavy atom. The van der Waals surface area contributed by atoms with Crippen LogP contribution in [0.1, 0.15) is 55.0 Å². The number of hydrogen-bond donors (Lipinski definition) is 0. The van der Waals surface area contributed by atoms with Crippen molar-refractivity contribution >= 4 is 5.57 Å². The molecule has 2 heterocycles. The van der Waals surface area contributed by atoms with Crippen LogP contribution in [0.3, 0.4) is 0 Å². The Labute approximate surface area is 317 Å². The van der Waals surface area contributed by atoms with Crippen molar-refractivity contribution in [2.75, 3.05) is 6.61 Å². The number of rotatable bonds is 4. The molecule has 0 bridgehead atoms. The monoisotopic (exact) mass is 696 g/mol. The summed E-state index contributed by atoms with van der Waals surface area (Å²) in [7, 11) is 0. The predicted molar refractivity (Wildman–Crippen MR) is 221 cm³/mol. The number of hydrogen-bond acceptors (Lipinski definition) is 3. The number of allylic oxidation sites excluding steroid dienone is 9. The van der Waals surface area contributed by atoms with E-state index in [-0.39, 0.29) is 5.41 Å². The Balaban J connectivity index is 1.19. The van der Waals surface area contributed by atoms with E-state index >= 15 is 0 Å². The summed E-state index contributed by atoms with van der Waals surface area (Å²) in [5.74, 6) is 1.61. The van der Waals surface area contributed by atoms with Gasteiger partial charge in [0, 0.05) is 27.7 Å². The molecule has 260 valence electrons. The van der Waals surface area contributed by atoms with Crippen LogP contribution in [0, 0.1) is 0 Å². The second-order valence-electron chi connectivity index (χ2n) is 15.1. The highest BCUT2D eigenvalue weighted by atomic mass is 16.5. The van der Waals surface area contributed by atoms with E-state index in [4.69, 9.17) is 14.7 Å². The molecule has 1 unspecified atom stereocenters. The van der Waals surface area contributed by atoms with Gasteiger partial charge in [0.15, 0.2) is 5.82 Å². The molecule has 0 saturated carbocycles. The van der Waals surface area contributed by atoms with Crippen molar-refractivity contribution in [2.24, 2.45) is 0 Å². The molecule has 3 heteroatoms. The molecular formula is C51H40N2O. The van der Waals surface area contributed by atoms with Crippen LogP contribution in [0.4, 0.5) is 0 Å². The third-order valence-corrected chi connectivity index (χ3v) is 11.8. The summed E-state index contributed by atoms with van der Waals surface area (Å²) in [6.07, 6.45) is 16.6. The molecule has 0 fully saturated rings. The molecule has 0 saturated heterocycles. The van der Waals surface area contributed by atoms with Gasteiger partial charge in [0.25, 0.3) is 0 Å². The standard InChI is InChI=1S/C51H40N2O/c1-4-5-18-36-32-54-48-28-26-35(30-45(48)51(36)42-23-11-7-10-19-38(42)39-21-13-15-24-43(39)51)47-31-46(52-49(53-47)33-16-8-6-9-17-33)34-25-27-40-37-20-12-14-22-41(37)50(2,3)44(40)29-34/h4-6,8-31H,7,32H2,1-3H3/b5-4-,36-18+. The normalized spacial score (nSPS) is 19.4. The predicted octanol–water partition coefficient (Wildman–Crippen LogP) is 12.2. The maximum atomic E-state index is 6.61. The first-order valence-corrected chi connectivity index (χ1v) is 19.0. The molecular weight excluding hydrogens is 657 g/mol. The van der Waals surface area contributed by atoms with Crippen molar-refractivity contribution in [3.05, 3.63) is 203 Å². The number of ether oxygens (including phenoxy) is 1. The van der Waals surface area contributed by atoms with Crippen molar-refractivity contribution in [2.45, 2.75) is 38.0 Å². The molecule has 3 nitrogen and oxygen atoms in total. The van der Waals surface area contributed by atoms with Crippen molar-refractivity contribution in [3.63, 3.8) is 0 Å². The minimum Gasteiger partial charge on any atom is -0.489 e. The van der Waals surface area contributed by atoms with Gasteiger partial charge in [0.05, 0.1) is 16.8 Å². The van der Waals surface area contributed by atoms with E-state index < -0.39 is 5.41 Å². The maximum Gasteiger partial charge on any atom is 0.160 e. The van der Waals surface area contributed by atoms with E-state index in [1.54, 1.807) is 0 Å². The average Bonchev–Trinajstić information content (AvgIpc) is 3.45. The van der Waals surface area contributed by atoms with Gasteiger partial charge in [-0.15, -0.1) is 0 Å². The van der Waals surface area contributed by atoms with Crippen molar-refractivity contribution in [3.8, 4) is 50.8 Å².